The lowest BCUT2D eigenvalue weighted by atomic mass is 11.0. The van der Waals surface area contributed by atoms with Crippen LogP contribution >= 0.6 is 11.8 Å². The van der Waals surface area contributed by atoms with Crippen LogP contribution in [-0.4, -0.2) is 26.9 Å². The summed E-state index contributed by atoms with van der Waals surface area (Å²) in [5.74, 6) is 0. The molecule has 5 heteroatoms. The monoisotopic (exact) mass is 146 g/mol. The van der Waals surface area contributed by atoms with Gasteiger partial charge in [-0.05, 0) is 11.5 Å². The molecule has 0 bridgehead atoms. The van der Waals surface area contributed by atoms with Gasteiger partial charge in [0.1, 0.15) is 0 Å². The molecule has 52 valence electrons. The van der Waals surface area contributed by atoms with Crippen LogP contribution in [0, 0.1) is 0 Å². The molecule has 1 heterocycles. The Morgan fingerprint density at radius 1 is 1.44 bits per heavy atom. The Morgan fingerprint density at radius 3 is 2.33 bits per heavy atom. The molecule has 0 amide bonds. The smallest absolute Gasteiger partial charge is 0.176 e. The molecule has 0 aliphatic rings. The zero-order valence-electron chi connectivity index (χ0n) is 5.75. The van der Waals surface area contributed by atoms with E-state index in [4.69, 9.17) is 0 Å². The van der Waals surface area contributed by atoms with Crippen molar-refractivity contribution in [3.8, 4) is 0 Å². The summed E-state index contributed by atoms with van der Waals surface area (Å²) in [7, 11) is 0. The van der Waals surface area contributed by atoms with Crippen molar-refractivity contribution >= 4 is 11.8 Å². The van der Waals surface area contributed by atoms with Crippen molar-refractivity contribution in [1.29, 1.82) is 0 Å². The van der Waals surface area contributed by atoms with Gasteiger partial charge in [-0.3, -0.25) is 0 Å². The van der Waals surface area contributed by atoms with Crippen LogP contribution in [0.25, 0.3) is 0 Å². The molecule has 0 atom stereocenters. The van der Waals surface area contributed by atoms with Crippen LogP contribution in [-0.2, 0) is 0 Å². The summed E-state index contributed by atoms with van der Waals surface area (Å²) in [5.41, 5.74) is 0. The molecular weight excluding hydrogens is 136 g/mol. The largest absolute Gasteiger partial charge is 0.230 e. The first kappa shape index (κ1) is 8.42. The highest BCUT2D eigenvalue weighted by atomic mass is 32.2. The Labute approximate surface area is 58.4 Å². The molecule has 0 spiro atoms. The second-order valence-corrected chi connectivity index (χ2v) is 1.67. The summed E-state index contributed by atoms with van der Waals surface area (Å²) in [5, 5.41) is 13.6. The van der Waals surface area contributed by atoms with Crippen LogP contribution in [0.5, 0.6) is 0 Å². The first-order chi connectivity index (χ1) is 4.43. The van der Waals surface area contributed by atoms with Gasteiger partial charge in [0.2, 0.25) is 5.16 Å². The molecule has 0 aliphatic carbocycles. The van der Waals surface area contributed by atoms with Gasteiger partial charge in [-0.25, -0.2) is 0 Å². The number of aromatic nitrogens is 4. The van der Waals surface area contributed by atoms with Crippen molar-refractivity contribution in [2.45, 2.75) is 19.0 Å². The molecule has 0 radical (unpaired) electrons. The Kier molecular flexibility index (Phi) is 5.20. The van der Waals surface area contributed by atoms with Crippen LogP contribution in [0.4, 0.5) is 0 Å². The van der Waals surface area contributed by atoms with Gasteiger partial charge in [-0.1, -0.05) is 25.6 Å². The third kappa shape index (κ3) is 3.07. The lowest BCUT2D eigenvalue weighted by molar-refractivity contribution is 0.881. The number of tetrazole rings is 1. The van der Waals surface area contributed by atoms with Crippen LogP contribution < -0.4 is 0 Å². The van der Waals surface area contributed by atoms with Crippen LogP contribution in [0.1, 0.15) is 13.8 Å². The number of H-pyrrole nitrogens is 1. The quantitative estimate of drug-likeness (QED) is 0.599. The predicted molar refractivity (Wildman–Crippen MR) is 37.3 cm³/mol. The van der Waals surface area contributed by atoms with Gasteiger partial charge < -0.3 is 0 Å². The topological polar surface area (TPSA) is 54.5 Å². The Hall–Kier alpha value is -0.580. The summed E-state index contributed by atoms with van der Waals surface area (Å²) >= 11 is 1.46. The first-order valence-corrected chi connectivity index (χ1v) is 3.93. The number of nitrogens with zero attached hydrogens (tertiary/aromatic N) is 3. The van der Waals surface area contributed by atoms with E-state index in [9.17, 15) is 0 Å². The zero-order valence-corrected chi connectivity index (χ0v) is 6.57. The molecule has 9 heavy (non-hydrogen) atoms. The highest BCUT2D eigenvalue weighted by Gasteiger charge is 1.88. The molecule has 0 unspecified atom stereocenters. The summed E-state index contributed by atoms with van der Waals surface area (Å²) < 4.78 is 0. The maximum absolute atomic E-state index is 3.65. The van der Waals surface area contributed by atoms with E-state index < -0.39 is 0 Å². The highest BCUT2D eigenvalue weighted by Crippen LogP contribution is 2.01. The van der Waals surface area contributed by atoms with Gasteiger partial charge in [0.05, 0.1) is 0 Å². The van der Waals surface area contributed by atoms with Crippen molar-refractivity contribution < 1.29 is 0 Å². The van der Waals surface area contributed by atoms with Crippen LogP contribution in [0.2, 0.25) is 0 Å². The molecule has 1 aromatic rings. The fraction of sp³-hybridized carbons (Fsp3) is 0.750. The van der Waals surface area contributed by atoms with Crippen molar-refractivity contribution in [1.82, 2.24) is 20.6 Å². The number of rotatable bonds is 1. The molecular formula is C4H10N4S. The summed E-state index contributed by atoms with van der Waals surface area (Å²) in [6, 6.07) is 0. The van der Waals surface area contributed by atoms with Crippen molar-refractivity contribution in [3.05, 3.63) is 0 Å². The number of aromatic amines is 1. The molecule has 0 fully saturated rings. The van der Waals surface area contributed by atoms with Gasteiger partial charge in [0.15, 0.2) is 0 Å². The van der Waals surface area contributed by atoms with E-state index in [-0.39, 0.29) is 0 Å². The Morgan fingerprint density at radius 2 is 2.11 bits per heavy atom. The molecule has 0 aromatic carbocycles. The Balaban J connectivity index is 0.000000291. The first-order valence-electron chi connectivity index (χ1n) is 2.71. The standard InChI is InChI=1S/C2H4N4S.C2H6/c1-7-2-3-5-6-4-2;1-2/h1H3,(H,3,4,5,6);1-2H3. The lowest BCUT2D eigenvalue weighted by Gasteiger charge is -1.72. The van der Waals surface area contributed by atoms with E-state index in [0.717, 1.165) is 0 Å². The van der Waals surface area contributed by atoms with Gasteiger partial charge in [0, 0.05) is 0 Å². The minimum Gasteiger partial charge on any atom is -0.176 e. The molecule has 4 nitrogen and oxygen atoms in total. The fourth-order valence-electron chi connectivity index (χ4n) is 0.239. The van der Waals surface area contributed by atoms with Crippen LogP contribution in [0.3, 0.4) is 0 Å². The lowest BCUT2D eigenvalue weighted by Crippen LogP contribution is -1.68. The second kappa shape index (κ2) is 5.55. The van der Waals surface area contributed by atoms with Crippen molar-refractivity contribution in [2.24, 2.45) is 0 Å². The minimum atomic E-state index is 0.681. The maximum atomic E-state index is 3.65. The van der Waals surface area contributed by atoms with Gasteiger partial charge >= 0.3 is 0 Å². The predicted octanol–water partition coefficient (Wildman–Crippen LogP) is 0.948. The zero-order chi connectivity index (χ0) is 7.11. The average Bonchev–Trinajstić information content (AvgIpc) is 2.43. The molecule has 0 saturated carbocycles. The summed E-state index contributed by atoms with van der Waals surface area (Å²) in [4.78, 5) is 0. The molecule has 0 aliphatic heterocycles. The van der Waals surface area contributed by atoms with Gasteiger partial charge in [0.25, 0.3) is 0 Å². The number of hydrogen-bond acceptors (Lipinski definition) is 4. The molecule has 1 aromatic heterocycles. The minimum absolute atomic E-state index is 0.681. The summed E-state index contributed by atoms with van der Waals surface area (Å²) in [6.45, 7) is 4.00. The highest BCUT2D eigenvalue weighted by molar-refractivity contribution is 7.98. The van der Waals surface area contributed by atoms with E-state index in [0.29, 0.717) is 5.16 Å². The maximum Gasteiger partial charge on any atom is 0.230 e. The van der Waals surface area contributed by atoms with Crippen LogP contribution in [0.15, 0.2) is 5.16 Å². The van der Waals surface area contributed by atoms with Crippen molar-refractivity contribution in [2.75, 3.05) is 6.26 Å². The second-order valence-electron chi connectivity index (χ2n) is 0.899. The average molecular weight is 146 g/mol. The van der Waals surface area contributed by atoms with E-state index in [1.165, 1.54) is 11.8 Å². The number of thioether (sulfide) groups is 1. The fourth-order valence-corrected chi connectivity index (χ4v) is 0.494. The van der Waals surface area contributed by atoms with Gasteiger partial charge in [-0.2, -0.15) is 5.21 Å². The van der Waals surface area contributed by atoms with E-state index >= 15 is 0 Å². The van der Waals surface area contributed by atoms with E-state index in [1.807, 2.05) is 20.1 Å². The third-order valence-corrected chi connectivity index (χ3v) is 1.05. The normalized spacial score (nSPS) is 7.89. The molecule has 0 saturated heterocycles. The Bertz CT molecular complexity index is 127. The molecule has 1 rings (SSSR count). The van der Waals surface area contributed by atoms with E-state index in [1.54, 1.807) is 0 Å². The van der Waals surface area contributed by atoms with Crippen molar-refractivity contribution in [3.63, 3.8) is 0 Å². The van der Waals surface area contributed by atoms with Gasteiger partial charge in [-0.15, -0.1) is 10.2 Å². The SMILES string of the molecule is CC.CSc1nn[nH]n1. The molecule has 1 N–H and O–H groups in total. The summed E-state index contributed by atoms with van der Waals surface area (Å²) in [6.07, 6.45) is 1.89. The van der Waals surface area contributed by atoms with E-state index in [2.05, 4.69) is 20.6 Å². The number of nitrogens with one attached hydrogen (secondary N) is 1. The number of hydrogen-bond donors (Lipinski definition) is 1. The third-order valence-electron chi connectivity index (χ3n) is 0.508.